The van der Waals surface area contributed by atoms with Crippen LogP contribution in [0.5, 0.6) is 0 Å². The van der Waals surface area contributed by atoms with Crippen molar-refractivity contribution in [1.29, 1.82) is 0 Å². The van der Waals surface area contributed by atoms with Crippen LogP contribution >= 0.6 is 0 Å². The molecule has 0 aromatic heterocycles. The van der Waals surface area contributed by atoms with Gasteiger partial charge in [0.25, 0.3) is 0 Å². The van der Waals surface area contributed by atoms with E-state index in [0.717, 1.165) is 18.3 Å². The molecule has 5 nitrogen and oxygen atoms in total. The molecule has 2 aliphatic heterocycles. The maximum absolute atomic E-state index is 5.34. The summed E-state index contributed by atoms with van der Waals surface area (Å²) in [5.41, 5.74) is 0. The second-order valence-corrected chi connectivity index (χ2v) is 3.41. The van der Waals surface area contributed by atoms with Crippen molar-refractivity contribution in [3.63, 3.8) is 0 Å². The minimum absolute atomic E-state index is 0.298. The van der Waals surface area contributed by atoms with Gasteiger partial charge in [-0.25, -0.2) is 4.99 Å². The largest absolute Gasteiger partial charge is 0.478 e. The Hall–Kier alpha value is -1.10. The number of hydrogen-bond donors (Lipinski definition) is 1. The molecule has 0 aliphatic carbocycles. The Balaban J connectivity index is 1.65. The molecule has 1 N–H and O–H groups in total. The lowest BCUT2D eigenvalue weighted by Crippen LogP contribution is -2.28. The first-order chi connectivity index (χ1) is 6.84. The van der Waals surface area contributed by atoms with Gasteiger partial charge in [0, 0.05) is 0 Å². The summed E-state index contributed by atoms with van der Waals surface area (Å²) >= 11 is 0. The Morgan fingerprint density at radius 2 is 2.21 bits per heavy atom. The zero-order valence-corrected chi connectivity index (χ0v) is 8.32. The lowest BCUT2D eigenvalue weighted by atomic mass is 10.4. The third-order valence-electron chi connectivity index (χ3n) is 2.06. The zero-order valence-electron chi connectivity index (χ0n) is 8.32. The quantitative estimate of drug-likeness (QED) is 0.680. The minimum Gasteiger partial charge on any atom is -0.478 e. The number of rotatable bonds is 4. The van der Waals surface area contributed by atoms with Crippen LogP contribution in [0, 0.1) is 0 Å². The van der Waals surface area contributed by atoms with E-state index >= 15 is 0 Å². The second-order valence-electron chi connectivity index (χ2n) is 3.41. The summed E-state index contributed by atoms with van der Waals surface area (Å²) in [6.07, 6.45) is 0. The summed E-state index contributed by atoms with van der Waals surface area (Å²) in [7, 11) is 0. The molecule has 1 unspecified atom stereocenters. The fourth-order valence-electron chi connectivity index (χ4n) is 1.40. The highest BCUT2D eigenvalue weighted by atomic mass is 16.5. The van der Waals surface area contributed by atoms with E-state index in [9.17, 15) is 0 Å². The average Bonchev–Trinajstić information content (AvgIpc) is 2.77. The monoisotopic (exact) mass is 197 g/mol. The summed E-state index contributed by atoms with van der Waals surface area (Å²) in [6.45, 7) is 5.56. The highest BCUT2D eigenvalue weighted by Crippen LogP contribution is 2.02. The third kappa shape index (κ3) is 2.45. The summed E-state index contributed by atoms with van der Waals surface area (Å²) in [6, 6.07) is 0.298. The van der Waals surface area contributed by atoms with Crippen LogP contribution < -0.4 is 5.32 Å². The Morgan fingerprint density at radius 1 is 1.36 bits per heavy atom. The molecule has 0 saturated carbocycles. The van der Waals surface area contributed by atoms with E-state index in [4.69, 9.17) is 9.47 Å². The van der Waals surface area contributed by atoms with Crippen LogP contribution in [0.3, 0.4) is 0 Å². The summed E-state index contributed by atoms with van der Waals surface area (Å²) in [5.74, 6) is 1.58. The number of ether oxygens (including phenoxy) is 2. The average molecular weight is 197 g/mol. The molecule has 1 atom stereocenters. The molecule has 0 saturated heterocycles. The van der Waals surface area contributed by atoms with E-state index in [1.54, 1.807) is 0 Å². The van der Waals surface area contributed by atoms with Gasteiger partial charge in [-0.3, -0.25) is 4.99 Å². The Labute approximate surface area is 83.2 Å². The fourth-order valence-corrected chi connectivity index (χ4v) is 1.40. The van der Waals surface area contributed by atoms with Crippen molar-refractivity contribution in [3.8, 4) is 0 Å². The van der Waals surface area contributed by atoms with Gasteiger partial charge >= 0.3 is 0 Å². The maximum atomic E-state index is 5.34. The molecule has 0 fully saturated rings. The normalized spacial score (nSPS) is 25.4. The molecule has 14 heavy (non-hydrogen) atoms. The fraction of sp³-hybridized carbons (Fsp3) is 0.778. The van der Waals surface area contributed by atoms with Crippen molar-refractivity contribution in [2.45, 2.75) is 13.0 Å². The van der Waals surface area contributed by atoms with Gasteiger partial charge < -0.3 is 14.8 Å². The van der Waals surface area contributed by atoms with Crippen LogP contribution in [0.2, 0.25) is 0 Å². The van der Waals surface area contributed by atoms with Crippen LogP contribution in [0.1, 0.15) is 6.92 Å². The molecule has 0 spiro atoms. The van der Waals surface area contributed by atoms with E-state index < -0.39 is 0 Å². The lowest BCUT2D eigenvalue weighted by Gasteiger charge is -2.04. The van der Waals surface area contributed by atoms with E-state index in [1.807, 2.05) is 6.92 Å². The number of aliphatic imine (C=N–C) groups is 2. The van der Waals surface area contributed by atoms with Gasteiger partial charge in [0.15, 0.2) is 11.8 Å². The SMILES string of the molecule is CC1COC(CNCC2=NCCO2)=N1. The molecule has 2 aliphatic rings. The first kappa shape index (κ1) is 9.45. The molecular formula is C9H15N3O2. The molecule has 2 heterocycles. The second kappa shape index (κ2) is 4.41. The standard InChI is InChI=1S/C9H15N3O2/c1-7-6-14-9(12-7)5-10-4-8-11-2-3-13-8/h7,10H,2-6H2,1H3. The summed E-state index contributed by atoms with van der Waals surface area (Å²) < 4.78 is 10.6. The molecular weight excluding hydrogens is 182 g/mol. The van der Waals surface area contributed by atoms with Gasteiger partial charge in [-0.2, -0.15) is 0 Å². The molecule has 0 radical (unpaired) electrons. The smallest absolute Gasteiger partial charge is 0.198 e. The topological polar surface area (TPSA) is 55.2 Å². The van der Waals surface area contributed by atoms with Crippen LogP contribution in [0.4, 0.5) is 0 Å². The highest BCUT2D eigenvalue weighted by molar-refractivity contribution is 5.82. The van der Waals surface area contributed by atoms with Crippen molar-refractivity contribution in [2.75, 3.05) is 32.8 Å². The van der Waals surface area contributed by atoms with E-state index in [0.29, 0.717) is 32.3 Å². The molecule has 2 rings (SSSR count). The predicted octanol–water partition coefficient (Wildman–Crippen LogP) is -0.178. The summed E-state index contributed by atoms with van der Waals surface area (Å²) in [4.78, 5) is 8.47. The van der Waals surface area contributed by atoms with E-state index in [-0.39, 0.29) is 0 Å². The van der Waals surface area contributed by atoms with Crippen molar-refractivity contribution >= 4 is 11.8 Å². The molecule has 0 aromatic carbocycles. The van der Waals surface area contributed by atoms with Gasteiger partial charge in [0.1, 0.15) is 13.2 Å². The van der Waals surface area contributed by atoms with Crippen LogP contribution in [-0.2, 0) is 9.47 Å². The molecule has 0 bridgehead atoms. The van der Waals surface area contributed by atoms with Crippen molar-refractivity contribution < 1.29 is 9.47 Å². The van der Waals surface area contributed by atoms with Crippen molar-refractivity contribution in [3.05, 3.63) is 0 Å². The Morgan fingerprint density at radius 3 is 2.86 bits per heavy atom. The number of nitrogens with one attached hydrogen (secondary N) is 1. The summed E-state index contributed by atoms with van der Waals surface area (Å²) in [5, 5.41) is 3.18. The van der Waals surface area contributed by atoms with Crippen LogP contribution in [0.25, 0.3) is 0 Å². The molecule has 0 amide bonds. The lowest BCUT2D eigenvalue weighted by molar-refractivity contribution is 0.315. The van der Waals surface area contributed by atoms with Crippen LogP contribution in [0.15, 0.2) is 9.98 Å². The first-order valence-electron chi connectivity index (χ1n) is 4.91. The number of hydrogen-bond acceptors (Lipinski definition) is 5. The van der Waals surface area contributed by atoms with E-state index in [2.05, 4.69) is 15.3 Å². The first-order valence-corrected chi connectivity index (χ1v) is 4.91. The predicted molar refractivity (Wildman–Crippen MR) is 54.0 cm³/mol. The third-order valence-corrected chi connectivity index (χ3v) is 2.06. The van der Waals surface area contributed by atoms with E-state index in [1.165, 1.54) is 0 Å². The molecule has 78 valence electrons. The minimum atomic E-state index is 0.298. The maximum Gasteiger partial charge on any atom is 0.198 e. The van der Waals surface area contributed by atoms with Gasteiger partial charge in [-0.05, 0) is 6.92 Å². The molecule has 5 heteroatoms. The van der Waals surface area contributed by atoms with Gasteiger partial charge in [0.2, 0.25) is 0 Å². The number of nitrogens with zero attached hydrogens (tertiary/aromatic N) is 2. The van der Waals surface area contributed by atoms with Crippen molar-refractivity contribution in [1.82, 2.24) is 5.32 Å². The van der Waals surface area contributed by atoms with Gasteiger partial charge in [-0.15, -0.1) is 0 Å². The van der Waals surface area contributed by atoms with Gasteiger partial charge in [-0.1, -0.05) is 0 Å². The zero-order chi connectivity index (χ0) is 9.80. The Kier molecular flexibility index (Phi) is 2.98. The molecule has 0 aromatic rings. The highest BCUT2D eigenvalue weighted by Gasteiger charge is 2.14. The van der Waals surface area contributed by atoms with Gasteiger partial charge in [0.05, 0.1) is 25.7 Å². The van der Waals surface area contributed by atoms with Crippen molar-refractivity contribution in [2.24, 2.45) is 9.98 Å². The van der Waals surface area contributed by atoms with Crippen LogP contribution in [-0.4, -0.2) is 50.7 Å². The Bertz CT molecular complexity index is 263.